The zero-order chi connectivity index (χ0) is 19.4. The second-order valence-corrected chi connectivity index (χ2v) is 8.93. The molecule has 2 N–H and O–H groups in total. The van der Waals surface area contributed by atoms with Gasteiger partial charge in [0.05, 0.1) is 22.9 Å². The minimum Gasteiger partial charge on any atom is -0.450 e. The Morgan fingerprint density at radius 1 is 1.19 bits per heavy atom. The van der Waals surface area contributed by atoms with Crippen LogP contribution in [0.4, 0.5) is 9.80 Å². The lowest BCUT2D eigenvalue weighted by atomic mass is 9.95. The van der Waals surface area contributed by atoms with E-state index in [1.165, 1.54) is 22.7 Å². The van der Waals surface area contributed by atoms with Crippen LogP contribution in [0.2, 0.25) is 4.34 Å². The van der Waals surface area contributed by atoms with Crippen molar-refractivity contribution in [3.05, 3.63) is 37.4 Å². The van der Waals surface area contributed by atoms with Crippen molar-refractivity contribution in [2.75, 3.05) is 11.9 Å². The molecular formula is C18H19ClN2O4S2. The van der Waals surface area contributed by atoms with Crippen LogP contribution >= 0.6 is 34.3 Å². The van der Waals surface area contributed by atoms with Crippen molar-refractivity contribution in [1.29, 1.82) is 0 Å². The summed E-state index contributed by atoms with van der Waals surface area (Å²) in [5.41, 5.74) is 1.29. The van der Waals surface area contributed by atoms with Crippen LogP contribution in [0.3, 0.4) is 0 Å². The first-order valence-electron chi connectivity index (χ1n) is 8.64. The Balaban J connectivity index is 1.81. The van der Waals surface area contributed by atoms with Gasteiger partial charge in [-0.15, -0.1) is 22.7 Å². The number of fused-ring (bicyclic) bond motifs is 1. The first-order chi connectivity index (χ1) is 13.0. The summed E-state index contributed by atoms with van der Waals surface area (Å²) < 4.78 is 5.41. The number of halogens is 1. The van der Waals surface area contributed by atoms with Gasteiger partial charge in [0.2, 0.25) is 5.91 Å². The summed E-state index contributed by atoms with van der Waals surface area (Å²) in [4.78, 5) is 38.7. The lowest BCUT2D eigenvalue weighted by Gasteiger charge is -2.12. The molecule has 0 aliphatic heterocycles. The van der Waals surface area contributed by atoms with E-state index in [0.717, 1.165) is 41.0 Å². The number of hydrogen-bond acceptors (Lipinski definition) is 6. The van der Waals surface area contributed by atoms with Gasteiger partial charge in [-0.3, -0.25) is 14.9 Å². The summed E-state index contributed by atoms with van der Waals surface area (Å²) in [5.74, 6) is -0.764. The molecule has 0 fully saturated rings. The van der Waals surface area contributed by atoms with Gasteiger partial charge in [0.1, 0.15) is 5.00 Å². The van der Waals surface area contributed by atoms with E-state index in [-0.39, 0.29) is 18.9 Å². The van der Waals surface area contributed by atoms with Gasteiger partial charge in [-0.1, -0.05) is 11.6 Å². The molecule has 0 atom stereocenters. The first-order valence-corrected chi connectivity index (χ1v) is 10.7. The maximum absolute atomic E-state index is 12.7. The molecule has 0 unspecified atom stereocenters. The standard InChI is InChI=1S/C18H19ClN2O4S2/c1-2-25-18(24)21-16(23)15-11-5-3-4-6-12(11)27-17(15)20-14(22)9-10-7-8-13(19)26-10/h7-8H,2-6,9H2,1H3,(H,20,22)(H,21,23,24). The van der Waals surface area contributed by atoms with Crippen LogP contribution in [-0.4, -0.2) is 24.5 Å². The molecular weight excluding hydrogens is 408 g/mol. The molecule has 144 valence electrons. The molecule has 3 rings (SSSR count). The highest BCUT2D eigenvalue weighted by molar-refractivity contribution is 7.17. The monoisotopic (exact) mass is 426 g/mol. The van der Waals surface area contributed by atoms with Crippen molar-refractivity contribution in [2.45, 2.75) is 39.0 Å². The van der Waals surface area contributed by atoms with Crippen molar-refractivity contribution in [3.63, 3.8) is 0 Å². The largest absolute Gasteiger partial charge is 0.450 e. The fourth-order valence-corrected chi connectivity index (χ4v) is 5.38. The number of imide groups is 1. The molecule has 1 aliphatic rings. The summed E-state index contributed by atoms with van der Waals surface area (Å²) in [6, 6.07) is 3.55. The summed E-state index contributed by atoms with van der Waals surface area (Å²) in [6.07, 6.45) is 3.05. The van der Waals surface area contributed by atoms with E-state index in [4.69, 9.17) is 16.3 Å². The average Bonchev–Trinajstić information content (AvgIpc) is 3.17. The van der Waals surface area contributed by atoms with E-state index >= 15 is 0 Å². The quantitative estimate of drug-likeness (QED) is 0.741. The van der Waals surface area contributed by atoms with E-state index in [0.29, 0.717) is 14.9 Å². The van der Waals surface area contributed by atoms with E-state index in [9.17, 15) is 14.4 Å². The van der Waals surface area contributed by atoms with Crippen molar-refractivity contribution >= 4 is 57.2 Å². The van der Waals surface area contributed by atoms with Gasteiger partial charge in [0.25, 0.3) is 5.91 Å². The lowest BCUT2D eigenvalue weighted by molar-refractivity contribution is -0.115. The average molecular weight is 427 g/mol. The number of rotatable bonds is 5. The van der Waals surface area contributed by atoms with Gasteiger partial charge in [0.15, 0.2) is 0 Å². The number of aryl methyl sites for hydroxylation is 1. The molecule has 3 amide bonds. The smallest absolute Gasteiger partial charge is 0.414 e. The Kier molecular flexibility index (Phi) is 6.51. The van der Waals surface area contributed by atoms with Gasteiger partial charge >= 0.3 is 6.09 Å². The zero-order valence-electron chi connectivity index (χ0n) is 14.7. The summed E-state index contributed by atoms with van der Waals surface area (Å²) >= 11 is 8.66. The van der Waals surface area contributed by atoms with Crippen molar-refractivity contribution in [1.82, 2.24) is 5.32 Å². The van der Waals surface area contributed by atoms with Crippen LogP contribution in [0.1, 0.15) is 45.4 Å². The molecule has 0 aromatic carbocycles. The molecule has 0 spiro atoms. The Morgan fingerprint density at radius 2 is 1.96 bits per heavy atom. The Hall–Kier alpha value is -1.90. The summed E-state index contributed by atoms with van der Waals surface area (Å²) in [7, 11) is 0. The molecule has 0 radical (unpaired) electrons. The normalized spacial score (nSPS) is 13.0. The van der Waals surface area contributed by atoms with Crippen LogP contribution in [0.5, 0.6) is 0 Å². The molecule has 6 nitrogen and oxygen atoms in total. The molecule has 2 aromatic rings. The summed E-state index contributed by atoms with van der Waals surface area (Å²) in [5, 5.41) is 5.56. The predicted molar refractivity (Wildman–Crippen MR) is 107 cm³/mol. The van der Waals surface area contributed by atoms with E-state index < -0.39 is 12.0 Å². The number of hydrogen-bond donors (Lipinski definition) is 2. The predicted octanol–water partition coefficient (Wildman–Crippen LogP) is 4.41. The lowest BCUT2D eigenvalue weighted by Crippen LogP contribution is -2.32. The van der Waals surface area contributed by atoms with Gasteiger partial charge < -0.3 is 10.1 Å². The molecule has 0 saturated heterocycles. The fourth-order valence-electron chi connectivity index (χ4n) is 2.99. The molecule has 0 saturated carbocycles. The maximum Gasteiger partial charge on any atom is 0.414 e. The van der Waals surface area contributed by atoms with Gasteiger partial charge in [-0.2, -0.15) is 0 Å². The van der Waals surface area contributed by atoms with Crippen LogP contribution in [-0.2, 0) is 28.8 Å². The number of thiophene rings is 2. The molecule has 0 bridgehead atoms. The number of alkyl carbamates (subject to hydrolysis) is 1. The number of carbonyl (C=O) groups excluding carboxylic acids is 3. The highest BCUT2D eigenvalue weighted by atomic mass is 35.5. The van der Waals surface area contributed by atoms with Gasteiger partial charge in [-0.05, 0) is 50.3 Å². The maximum atomic E-state index is 12.7. The second-order valence-electron chi connectivity index (χ2n) is 6.02. The summed E-state index contributed by atoms with van der Waals surface area (Å²) in [6.45, 7) is 1.84. The van der Waals surface area contributed by atoms with Crippen molar-refractivity contribution in [2.24, 2.45) is 0 Å². The Bertz CT molecular complexity index is 875. The SMILES string of the molecule is CCOC(=O)NC(=O)c1c(NC(=O)Cc2ccc(Cl)s2)sc2c1CCCC2. The molecule has 2 heterocycles. The van der Waals surface area contributed by atoms with E-state index in [1.807, 2.05) is 0 Å². The van der Waals surface area contributed by atoms with Gasteiger partial charge in [0, 0.05) is 9.75 Å². The zero-order valence-corrected chi connectivity index (χ0v) is 17.1. The molecule has 2 aromatic heterocycles. The van der Waals surface area contributed by atoms with Crippen LogP contribution in [0.15, 0.2) is 12.1 Å². The second kappa shape index (κ2) is 8.86. The highest BCUT2D eigenvalue weighted by Gasteiger charge is 2.27. The number of ether oxygens (including phenoxy) is 1. The number of nitrogens with one attached hydrogen (secondary N) is 2. The third-order valence-corrected chi connectivity index (χ3v) is 6.54. The minimum atomic E-state index is -0.788. The third kappa shape index (κ3) is 4.88. The number of amides is 3. The first kappa shape index (κ1) is 19.9. The van der Waals surface area contributed by atoms with Crippen LogP contribution < -0.4 is 10.6 Å². The number of carbonyl (C=O) groups is 3. The van der Waals surface area contributed by atoms with E-state index in [2.05, 4.69) is 10.6 Å². The minimum absolute atomic E-state index is 0.174. The third-order valence-electron chi connectivity index (χ3n) is 4.11. The van der Waals surface area contributed by atoms with E-state index in [1.54, 1.807) is 19.1 Å². The Morgan fingerprint density at radius 3 is 2.67 bits per heavy atom. The number of anilines is 1. The fraction of sp³-hybridized carbons (Fsp3) is 0.389. The topological polar surface area (TPSA) is 84.5 Å². The van der Waals surface area contributed by atoms with Gasteiger partial charge in [-0.25, -0.2) is 4.79 Å². The molecule has 1 aliphatic carbocycles. The van der Waals surface area contributed by atoms with Crippen molar-refractivity contribution in [3.8, 4) is 0 Å². The highest BCUT2D eigenvalue weighted by Crippen LogP contribution is 2.38. The Labute approximate surface area is 169 Å². The van der Waals surface area contributed by atoms with Crippen molar-refractivity contribution < 1.29 is 19.1 Å². The molecule has 9 heteroatoms. The van der Waals surface area contributed by atoms with Crippen LogP contribution in [0.25, 0.3) is 0 Å². The molecule has 27 heavy (non-hydrogen) atoms. The van der Waals surface area contributed by atoms with Crippen LogP contribution in [0, 0.1) is 0 Å².